The van der Waals surface area contributed by atoms with Crippen molar-refractivity contribution in [1.82, 2.24) is 0 Å². The molecule has 0 aromatic carbocycles. The van der Waals surface area contributed by atoms with E-state index in [9.17, 15) is 65.9 Å². The standard InChI is InChI=1S/C7F15/c8-1(3(9,10)7(20,21)22)2(4(11,12)13,5(14,15)16)6(17,18)19. The van der Waals surface area contributed by atoms with Crippen LogP contribution >= 0.6 is 0 Å². The van der Waals surface area contributed by atoms with E-state index in [2.05, 4.69) is 0 Å². The molecule has 0 N–H and O–H groups in total. The number of rotatable bonds is 2. The molecule has 0 spiro atoms. The molecule has 22 heavy (non-hydrogen) atoms. The van der Waals surface area contributed by atoms with Crippen molar-refractivity contribution in [3.05, 3.63) is 6.17 Å². The number of halogens is 15. The highest BCUT2D eigenvalue weighted by atomic mass is 19.4. The molecule has 15 heteroatoms. The highest BCUT2D eigenvalue weighted by Gasteiger charge is 2.93. The minimum Gasteiger partial charge on any atom is -0.231 e. The summed E-state index contributed by atoms with van der Waals surface area (Å²) in [7, 11) is 0. The van der Waals surface area contributed by atoms with Crippen LogP contribution in [0.5, 0.6) is 0 Å². The lowest BCUT2D eigenvalue weighted by Crippen LogP contribution is -2.66. The van der Waals surface area contributed by atoms with E-state index in [0.717, 1.165) is 0 Å². The van der Waals surface area contributed by atoms with Gasteiger partial charge in [0.15, 0.2) is 0 Å². The predicted molar refractivity (Wildman–Crippen MR) is 36.0 cm³/mol. The van der Waals surface area contributed by atoms with Gasteiger partial charge in [0.1, 0.15) is 0 Å². The number of hydrogen-bond acceptors (Lipinski definition) is 0. The van der Waals surface area contributed by atoms with Gasteiger partial charge in [0, 0.05) is 0 Å². The Morgan fingerprint density at radius 3 is 0.773 bits per heavy atom. The highest BCUT2D eigenvalue weighted by molar-refractivity contribution is 5.20. The van der Waals surface area contributed by atoms with Gasteiger partial charge in [-0.1, -0.05) is 0 Å². The van der Waals surface area contributed by atoms with Crippen molar-refractivity contribution in [2.45, 2.75) is 30.6 Å². The van der Waals surface area contributed by atoms with E-state index in [1.165, 1.54) is 0 Å². The van der Waals surface area contributed by atoms with Gasteiger partial charge in [-0.2, -0.15) is 61.5 Å². The average Bonchev–Trinajstić information content (AvgIpc) is 2.08. The van der Waals surface area contributed by atoms with E-state index in [1.807, 2.05) is 0 Å². The molecule has 0 unspecified atom stereocenters. The molecule has 0 heterocycles. The topological polar surface area (TPSA) is 0 Å². The van der Waals surface area contributed by atoms with Crippen LogP contribution in [0.2, 0.25) is 0 Å². The largest absolute Gasteiger partial charge is 0.456 e. The van der Waals surface area contributed by atoms with Crippen molar-refractivity contribution in [2.24, 2.45) is 5.41 Å². The Morgan fingerprint density at radius 1 is 0.409 bits per heavy atom. The quantitative estimate of drug-likeness (QED) is 0.575. The van der Waals surface area contributed by atoms with Gasteiger partial charge in [0.25, 0.3) is 11.6 Å². The van der Waals surface area contributed by atoms with Crippen LogP contribution in [0.3, 0.4) is 0 Å². The fourth-order valence-corrected chi connectivity index (χ4v) is 1.22. The van der Waals surface area contributed by atoms with E-state index in [-0.39, 0.29) is 0 Å². The molecule has 0 saturated carbocycles. The van der Waals surface area contributed by atoms with Gasteiger partial charge in [-0.05, 0) is 0 Å². The highest BCUT2D eigenvalue weighted by Crippen LogP contribution is 2.68. The van der Waals surface area contributed by atoms with Gasteiger partial charge in [-0.25, -0.2) is 4.39 Å². The molecule has 0 fully saturated rings. The van der Waals surface area contributed by atoms with Crippen molar-refractivity contribution < 1.29 is 65.9 Å². The summed E-state index contributed by atoms with van der Waals surface area (Å²) in [4.78, 5) is 0. The van der Waals surface area contributed by atoms with Crippen LogP contribution in [0.15, 0.2) is 0 Å². The zero-order chi connectivity index (χ0) is 18.6. The van der Waals surface area contributed by atoms with Gasteiger partial charge < -0.3 is 0 Å². The molecular formula is C7F15. The molecular weight excluding hydrogens is 369 g/mol. The molecule has 133 valence electrons. The summed E-state index contributed by atoms with van der Waals surface area (Å²) in [5, 5.41) is 0. The molecule has 0 aliphatic carbocycles. The summed E-state index contributed by atoms with van der Waals surface area (Å²) in [5.74, 6) is -7.66. The lowest BCUT2D eigenvalue weighted by atomic mass is 9.77. The predicted octanol–water partition coefficient (Wildman–Crippen LogP) is 5.36. The second-order valence-electron chi connectivity index (χ2n) is 3.63. The molecule has 0 atom stereocenters. The zero-order valence-corrected chi connectivity index (χ0v) is 9.17. The Labute approximate surface area is 109 Å². The van der Waals surface area contributed by atoms with Crippen molar-refractivity contribution in [1.29, 1.82) is 0 Å². The third-order valence-corrected chi connectivity index (χ3v) is 2.24. The van der Waals surface area contributed by atoms with Crippen LogP contribution in [0.25, 0.3) is 0 Å². The van der Waals surface area contributed by atoms with E-state index in [1.54, 1.807) is 0 Å². The number of alkyl halides is 14. The molecule has 0 aromatic rings. The van der Waals surface area contributed by atoms with Gasteiger partial charge in [-0.3, -0.25) is 0 Å². The third kappa shape index (κ3) is 2.77. The Hall–Kier alpha value is -1.05. The molecule has 1 radical (unpaired) electrons. The van der Waals surface area contributed by atoms with Gasteiger partial charge in [0.05, 0.1) is 0 Å². The smallest absolute Gasteiger partial charge is 0.231 e. The van der Waals surface area contributed by atoms with Crippen LogP contribution in [0.4, 0.5) is 65.9 Å². The maximum Gasteiger partial charge on any atom is 0.456 e. The summed E-state index contributed by atoms with van der Waals surface area (Å²) in [6.45, 7) is 0. The van der Waals surface area contributed by atoms with Crippen LogP contribution in [-0.2, 0) is 0 Å². The summed E-state index contributed by atoms with van der Waals surface area (Å²) in [6.07, 6.45) is -36.9. The van der Waals surface area contributed by atoms with Crippen molar-refractivity contribution >= 4 is 0 Å². The maximum atomic E-state index is 12.8. The molecule has 0 aliphatic rings. The molecule has 0 bridgehead atoms. The minimum absolute atomic E-state index is 5.68. The Bertz CT molecular complexity index is 352. The van der Waals surface area contributed by atoms with Crippen molar-refractivity contribution in [2.75, 3.05) is 0 Å². The van der Waals surface area contributed by atoms with Crippen molar-refractivity contribution in [3.63, 3.8) is 0 Å². The number of hydrogen-bond donors (Lipinski definition) is 0. The minimum atomic E-state index is -8.01. The fraction of sp³-hybridized carbons (Fsp3) is 0.857. The average molecular weight is 369 g/mol. The van der Waals surface area contributed by atoms with Gasteiger partial charge in [-0.15, -0.1) is 0 Å². The summed E-state index contributed by atoms with van der Waals surface area (Å²) < 4.78 is 182. The molecule has 0 saturated heterocycles. The normalized spacial score (nSPS) is 16.4. The first-order valence-electron chi connectivity index (χ1n) is 4.33. The van der Waals surface area contributed by atoms with Gasteiger partial charge in [0.2, 0.25) is 0 Å². The van der Waals surface area contributed by atoms with E-state index >= 15 is 0 Å². The van der Waals surface area contributed by atoms with E-state index in [0.29, 0.717) is 0 Å². The first-order chi connectivity index (χ1) is 9.15. The first-order valence-corrected chi connectivity index (χ1v) is 4.33. The molecule has 0 aliphatic heterocycles. The summed E-state index contributed by atoms with van der Waals surface area (Å²) in [5.41, 5.74) is -8.01. The van der Waals surface area contributed by atoms with Crippen LogP contribution in [-0.4, -0.2) is 30.6 Å². The summed E-state index contributed by atoms with van der Waals surface area (Å²) >= 11 is 0. The Kier molecular flexibility index (Phi) is 4.74. The van der Waals surface area contributed by atoms with Crippen molar-refractivity contribution in [3.8, 4) is 0 Å². The SMILES string of the molecule is F[C](C(F)(F)C(F)(F)F)C(C(F)(F)F)(C(F)(F)F)C(F)(F)F. The van der Waals surface area contributed by atoms with Crippen LogP contribution in [0.1, 0.15) is 0 Å². The lowest BCUT2D eigenvalue weighted by Gasteiger charge is -2.41. The maximum absolute atomic E-state index is 12.8. The molecule has 0 amide bonds. The molecule has 0 rings (SSSR count). The Balaban J connectivity index is 6.73. The molecule has 0 aromatic heterocycles. The van der Waals surface area contributed by atoms with Gasteiger partial charge >= 0.3 is 30.6 Å². The second-order valence-corrected chi connectivity index (χ2v) is 3.63. The zero-order valence-electron chi connectivity index (χ0n) is 9.17. The van der Waals surface area contributed by atoms with Crippen LogP contribution in [0, 0.1) is 11.6 Å². The van der Waals surface area contributed by atoms with Crippen LogP contribution < -0.4 is 0 Å². The van der Waals surface area contributed by atoms with E-state index in [4.69, 9.17) is 0 Å². The Morgan fingerprint density at radius 2 is 0.636 bits per heavy atom. The molecule has 0 nitrogen and oxygen atoms in total. The second kappa shape index (κ2) is 4.97. The lowest BCUT2D eigenvalue weighted by molar-refractivity contribution is -0.443. The first kappa shape index (κ1) is 20.9. The fourth-order valence-electron chi connectivity index (χ4n) is 1.22. The summed E-state index contributed by atoms with van der Waals surface area (Å²) in [6, 6.07) is 0. The monoisotopic (exact) mass is 369 g/mol. The van der Waals surface area contributed by atoms with E-state index < -0.39 is 42.2 Å². The third-order valence-electron chi connectivity index (χ3n) is 2.24.